The van der Waals surface area contributed by atoms with E-state index in [0.29, 0.717) is 106 Å². The van der Waals surface area contributed by atoms with Gasteiger partial charge in [0.25, 0.3) is 0 Å². The number of nitrogens with one attached hydrogen (secondary N) is 4. The lowest BCUT2D eigenvalue weighted by atomic mass is 9.89. The van der Waals surface area contributed by atoms with Crippen molar-refractivity contribution < 1.29 is 19.1 Å². The van der Waals surface area contributed by atoms with Crippen LogP contribution in [0.4, 0.5) is 0 Å². The van der Waals surface area contributed by atoms with Crippen LogP contribution in [0.25, 0.3) is 33.6 Å². The van der Waals surface area contributed by atoms with Crippen LogP contribution >= 0.6 is 23.2 Å². The Kier molecular flexibility index (Phi) is 11.1. The van der Waals surface area contributed by atoms with Gasteiger partial charge in [-0.2, -0.15) is 0 Å². The molecule has 1 unspecified atom stereocenters. The molecule has 2 aliphatic rings. The molecule has 13 nitrogen and oxygen atoms in total. The van der Waals surface area contributed by atoms with Gasteiger partial charge in [-0.1, -0.05) is 59.6 Å². The Labute approximate surface area is 300 Å². The summed E-state index contributed by atoms with van der Waals surface area (Å²) in [6, 6.07) is 11.5. The number of rotatable bonds is 15. The zero-order valence-electron chi connectivity index (χ0n) is 28.1. The molecule has 2 saturated heterocycles. The van der Waals surface area contributed by atoms with Crippen LogP contribution < -0.4 is 30.7 Å². The van der Waals surface area contributed by atoms with Crippen molar-refractivity contribution in [2.24, 2.45) is 0 Å². The molecule has 4 aromatic rings. The number of hydrogen-bond acceptors (Lipinski definition) is 11. The molecule has 0 bridgehead atoms. The first-order valence-electron chi connectivity index (χ1n) is 16.2. The standard InChI is InChI=1S/C35H39Cl2N9O4/c1-38-35(17-40-20-47)18-46(19-35)16-29-34(50-3)45-27(15-42-29)25-9-5-7-23(32(25)37)22-6-4-8-24(31(22)36)26-14-41-28(33(44-26)49-2)13-39-12-21-10-11-30(48)43-21/h4-9,14-15,20-21,38-39H,10-13,16-19H2,1-3H3,(H,40,47)(H,43,48). The highest BCUT2D eigenvalue weighted by atomic mass is 35.5. The monoisotopic (exact) mass is 719 g/mol. The summed E-state index contributed by atoms with van der Waals surface area (Å²) in [5.74, 6) is 0.873. The maximum absolute atomic E-state index is 11.5. The number of amides is 2. The third-order valence-electron chi connectivity index (χ3n) is 9.10. The number of halogens is 2. The van der Waals surface area contributed by atoms with Gasteiger partial charge >= 0.3 is 0 Å². The van der Waals surface area contributed by atoms with E-state index in [-0.39, 0.29) is 17.5 Å². The maximum atomic E-state index is 11.5. The molecule has 2 aliphatic heterocycles. The normalized spacial score (nSPS) is 16.8. The van der Waals surface area contributed by atoms with E-state index in [0.717, 1.165) is 19.5 Å². The van der Waals surface area contributed by atoms with Crippen LogP contribution in [0, 0.1) is 0 Å². The molecular formula is C35H39Cl2N9O4. The summed E-state index contributed by atoms with van der Waals surface area (Å²) in [6.45, 7) is 3.64. The van der Waals surface area contributed by atoms with Gasteiger partial charge in [0.15, 0.2) is 0 Å². The Morgan fingerprint density at radius 3 is 2.06 bits per heavy atom. The largest absolute Gasteiger partial charge is 0.480 e. The fraction of sp³-hybridized carbons (Fsp3) is 0.371. The number of aromatic nitrogens is 4. The Morgan fingerprint density at radius 2 is 1.52 bits per heavy atom. The van der Waals surface area contributed by atoms with Crippen LogP contribution in [0.5, 0.6) is 11.8 Å². The van der Waals surface area contributed by atoms with Crippen molar-refractivity contribution in [3.05, 3.63) is 70.2 Å². The number of ether oxygens (including phenoxy) is 2. The van der Waals surface area contributed by atoms with Crippen LogP contribution in [-0.4, -0.2) is 96.2 Å². The molecule has 4 N–H and O–H groups in total. The van der Waals surface area contributed by atoms with Crippen molar-refractivity contribution in [3.8, 4) is 45.4 Å². The van der Waals surface area contributed by atoms with Crippen molar-refractivity contribution in [2.75, 3.05) is 47.4 Å². The van der Waals surface area contributed by atoms with Gasteiger partial charge in [-0.3, -0.25) is 24.5 Å². The minimum Gasteiger partial charge on any atom is -0.480 e. The number of hydrogen-bond donors (Lipinski definition) is 4. The fourth-order valence-electron chi connectivity index (χ4n) is 6.41. The van der Waals surface area contributed by atoms with E-state index < -0.39 is 0 Å². The highest BCUT2D eigenvalue weighted by Crippen LogP contribution is 2.42. The zero-order valence-corrected chi connectivity index (χ0v) is 29.6. The lowest BCUT2D eigenvalue weighted by Crippen LogP contribution is -2.71. The Bertz CT molecular complexity index is 1870. The van der Waals surface area contributed by atoms with Crippen LogP contribution in [0.15, 0.2) is 48.8 Å². The van der Waals surface area contributed by atoms with E-state index in [1.165, 1.54) is 0 Å². The van der Waals surface area contributed by atoms with Crippen LogP contribution in [0.1, 0.15) is 24.2 Å². The Hall–Kier alpha value is -4.40. The summed E-state index contributed by atoms with van der Waals surface area (Å²) < 4.78 is 11.2. The molecule has 2 aromatic carbocycles. The molecule has 0 aliphatic carbocycles. The van der Waals surface area contributed by atoms with E-state index in [1.54, 1.807) is 26.6 Å². The quantitative estimate of drug-likeness (QED) is 0.134. The van der Waals surface area contributed by atoms with Crippen molar-refractivity contribution in [1.29, 1.82) is 0 Å². The predicted molar refractivity (Wildman–Crippen MR) is 191 cm³/mol. The molecule has 4 heterocycles. The van der Waals surface area contributed by atoms with Gasteiger partial charge in [0, 0.05) is 74.0 Å². The van der Waals surface area contributed by atoms with E-state index in [4.69, 9.17) is 47.6 Å². The molecule has 6 rings (SSSR count). The first kappa shape index (κ1) is 35.4. The predicted octanol–water partition coefficient (Wildman–Crippen LogP) is 3.48. The van der Waals surface area contributed by atoms with E-state index in [2.05, 4.69) is 31.2 Å². The van der Waals surface area contributed by atoms with Crippen molar-refractivity contribution in [1.82, 2.24) is 46.1 Å². The summed E-state index contributed by atoms with van der Waals surface area (Å²) in [4.78, 5) is 43.3. The van der Waals surface area contributed by atoms with Crippen molar-refractivity contribution in [2.45, 2.75) is 37.5 Å². The second-order valence-electron chi connectivity index (χ2n) is 12.4. The Morgan fingerprint density at radius 1 is 0.940 bits per heavy atom. The van der Waals surface area contributed by atoms with Crippen molar-refractivity contribution in [3.63, 3.8) is 0 Å². The van der Waals surface area contributed by atoms with Crippen LogP contribution in [0.3, 0.4) is 0 Å². The smallest absolute Gasteiger partial charge is 0.237 e. The second-order valence-corrected chi connectivity index (χ2v) is 13.1. The molecule has 2 fully saturated rings. The van der Waals surface area contributed by atoms with Gasteiger partial charge in [-0.05, 0) is 13.5 Å². The lowest BCUT2D eigenvalue weighted by molar-refractivity contribution is -0.119. The number of carbonyl (C=O) groups excluding carboxylic acids is 2. The summed E-state index contributed by atoms with van der Waals surface area (Å²) in [5.41, 5.74) is 5.06. The van der Waals surface area contributed by atoms with Gasteiger partial charge in [0.05, 0.1) is 53.6 Å². The molecule has 15 heteroatoms. The third kappa shape index (κ3) is 7.52. The Balaban J connectivity index is 1.20. The summed E-state index contributed by atoms with van der Waals surface area (Å²) in [6.07, 6.45) is 5.44. The van der Waals surface area contributed by atoms with Gasteiger partial charge in [-0.15, -0.1) is 0 Å². The average molecular weight is 721 g/mol. The average Bonchev–Trinajstić information content (AvgIpc) is 3.54. The number of benzene rings is 2. The zero-order chi connectivity index (χ0) is 35.3. The number of likely N-dealkylation sites (N-methyl/N-ethyl adjacent to an activating group) is 1. The van der Waals surface area contributed by atoms with Crippen LogP contribution in [0.2, 0.25) is 10.0 Å². The molecule has 0 radical (unpaired) electrons. The summed E-state index contributed by atoms with van der Waals surface area (Å²) >= 11 is 14.1. The number of likely N-dealkylation sites (tertiary alicyclic amines) is 1. The van der Waals surface area contributed by atoms with E-state index in [9.17, 15) is 9.59 Å². The second kappa shape index (κ2) is 15.7. The first-order valence-corrected chi connectivity index (χ1v) is 17.0. The minimum atomic E-state index is -0.176. The molecule has 262 valence electrons. The van der Waals surface area contributed by atoms with Gasteiger partial charge in [0.2, 0.25) is 24.1 Å². The fourth-order valence-corrected chi connectivity index (χ4v) is 7.06. The molecule has 2 amide bonds. The molecule has 50 heavy (non-hydrogen) atoms. The molecular weight excluding hydrogens is 681 g/mol. The number of carbonyl (C=O) groups is 2. The summed E-state index contributed by atoms with van der Waals surface area (Å²) in [5, 5.41) is 13.3. The highest BCUT2D eigenvalue weighted by molar-refractivity contribution is 6.39. The number of methoxy groups -OCH3 is 2. The topological polar surface area (TPSA) is 156 Å². The number of nitrogens with zero attached hydrogens (tertiary/aromatic N) is 5. The van der Waals surface area contributed by atoms with E-state index in [1.807, 2.05) is 43.4 Å². The molecule has 0 spiro atoms. The minimum absolute atomic E-state index is 0.0794. The molecule has 1 atom stereocenters. The van der Waals surface area contributed by atoms with Gasteiger partial charge in [0.1, 0.15) is 11.4 Å². The SMILES string of the molecule is CNC1(CNC=O)CN(Cc2ncc(-c3cccc(-c4cccc(-c5cnc(CNCC6CCC(=O)N6)c(OC)n5)c4Cl)c3Cl)nc2OC)C1. The lowest BCUT2D eigenvalue weighted by Gasteiger charge is -2.50. The first-order chi connectivity index (χ1) is 24.3. The third-order valence-corrected chi connectivity index (χ3v) is 9.91. The molecule has 2 aromatic heterocycles. The van der Waals surface area contributed by atoms with Gasteiger partial charge in [-0.25, -0.2) is 9.97 Å². The summed E-state index contributed by atoms with van der Waals surface area (Å²) in [7, 11) is 5.02. The highest BCUT2D eigenvalue weighted by Gasteiger charge is 2.41. The molecule has 0 saturated carbocycles. The van der Waals surface area contributed by atoms with E-state index >= 15 is 0 Å². The van der Waals surface area contributed by atoms with Crippen LogP contribution in [-0.2, 0) is 22.7 Å². The van der Waals surface area contributed by atoms with Gasteiger partial charge < -0.3 is 30.7 Å². The van der Waals surface area contributed by atoms with Crippen molar-refractivity contribution >= 4 is 35.5 Å². The maximum Gasteiger partial charge on any atom is 0.237 e.